The first kappa shape index (κ1) is 12.6. The van der Waals surface area contributed by atoms with E-state index in [1.165, 1.54) is 0 Å². The third kappa shape index (κ3) is 11.6. The summed E-state index contributed by atoms with van der Waals surface area (Å²) in [7, 11) is -4.26. The van der Waals surface area contributed by atoms with Crippen LogP contribution < -0.4 is 0 Å². The van der Waals surface area contributed by atoms with Crippen molar-refractivity contribution >= 4 is 10.4 Å². The second-order valence-electron chi connectivity index (χ2n) is 2.65. The molecule has 0 aliphatic carbocycles. The Balaban J connectivity index is 3.30. The molecule has 0 aromatic heterocycles. The van der Waals surface area contributed by atoms with Crippen LogP contribution in [0.5, 0.6) is 0 Å². The van der Waals surface area contributed by atoms with Gasteiger partial charge in [-0.3, -0.25) is 4.55 Å². The van der Waals surface area contributed by atoms with Crippen LogP contribution in [-0.2, 0) is 14.6 Å². The second kappa shape index (κ2) is 7.06. The first-order valence-corrected chi connectivity index (χ1v) is 5.69. The molecule has 0 saturated heterocycles. The summed E-state index contributed by atoms with van der Waals surface area (Å²) >= 11 is 0. The standard InChI is InChI=1S/C8H16O4S/c1-2-3-4-5-6-7-8-12-13(9,10)11/h5-6H,2-4,7-8H2,1H3,(H,9,10,11). The molecule has 0 aromatic carbocycles. The first-order chi connectivity index (χ1) is 6.06. The third-order valence-corrected chi connectivity index (χ3v) is 1.87. The molecule has 1 N–H and O–H groups in total. The van der Waals surface area contributed by atoms with Crippen LogP contribution in [-0.4, -0.2) is 19.6 Å². The maximum atomic E-state index is 10.1. The Morgan fingerprint density at radius 3 is 2.46 bits per heavy atom. The van der Waals surface area contributed by atoms with Gasteiger partial charge in [0.2, 0.25) is 0 Å². The van der Waals surface area contributed by atoms with Crippen LogP contribution in [0, 0.1) is 0 Å². The zero-order valence-corrected chi connectivity index (χ0v) is 8.59. The Kier molecular flexibility index (Phi) is 6.84. The van der Waals surface area contributed by atoms with Crippen LogP contribution in [0.15, 0.2) is 12.2 Å². The van der Waals surface area contributed by atoms with E-state index in [0.29, 0.717) is 6.42 Å². The maximum absolute atomic E-state index is 10.1. The Labute approximate surface area is 79.6 Å². The number of rotatable bonds is 7. The monoisotopic (exact) mass is 208 g/mol. The largest absolute Gasteiger partial charge is 0.397 e. The molecule has 5 heteroatoms. The fourth-order valence-corrected chi connectivity index (χ4v) is 1.09. The molecule has 0 radical (unpaired) electrons. The zero-order chi connectivity index (χ0) is 10.2. The van der Waals surface area contributed by atoms with Gasteiger partial charge in [0.25, 0.3) is 0 Å². The van der Waals surface area contributed by atoms with Crippen molar-refractivity contribution in [2.24, 2.45) is 0 Å². The van der Waals surface area contributed by atoms with Gasteiger partial charge in [0, 0.05) is 0 Å². The zero-order valence-electron chi connectivity index (χ0n) is 7.77. The SMILES string of the molecule is CCCCC=CCCOS(=O)(=O)O. The molecule has 0 fully saturated rings. The van der Waals surface area contributed by atoms with Crippen molar-refractivity contribution in [2.75, 3.05) is 6.61 Å². The number of unbranched alkanes of at least 4 members (excludes halogenated alkanes) is 2. The second-order valence-corrected chi connectivity index (χ2v) is 3.74. The first-order valence-electron chi connectivity index (χ1n) is 4.33. The van der Waals surface area contributed by atoms with Gasteiger partial charge in [0.1, 0.15) is 0 Å². The van der Waals surface area contributed by atoms with Crippen LogP contribution in [0.3, 0.4) is 0 Å². The van der Waals surface area contributed by atoms with E-state index >= 15 is 0 Å². The average Bonchev–Trinajstić information content (AvgIpc) is 2.01. The number of hydrogen-bond acceptors (Lipinski definition) is 3. The smallest absolute Gasteiger partial charge is 0.264 e. The van der Waals surface area contributed by atoms with E-state index in [-0.39, 0.29) is 6.61 Å². The molecule has 0 bridgehead atoms. The van der Waals surface area contributed by atoms with Crippen molar-refractivity contribution in [2.45, 2.75) is 32.6 Å². The van der Waals surface area contributed by atoms with E-state index in [4.69, 9.17) is 4.55 Å². The highest BCUT2D eigenvalue weighted by atomic mass is 32.3. The minimum Gasteiger partial charge on any atom is -0.264 e. The van der Waals surface area contributed by atoms with Crippen molar-refractivity contribution in [1.82, 2.24) is 0 Å². The molecule has 0 heterocycles. The summed E-state index contributed by atoms with van der Waals surface area (Å²) < 4.78 is 32.4. The molecule has 0 amide bonds. The highest BCUT2D eigenvalue weighted by Crippen LogP contribution is 1.97. The van der Waals surface area contributed by atoms with Crippen molar-refractivity contribution in [3.8, 4) is 0 Å². The molecule has 0 unspecified atom stereocenters. The lowest BCUT2D eigenvalue weighted by molar-refractivity contribution is 0.273. The predicted octanol–water partition coefficient (Wildman–Crippen LogP) is 1.94. The van der Waals surface area contributed by atoms with Gasteiger partial charge in [0.15, 0.2) is 0 Å². The molecule has 0 aliphatic heterocycles. The lowest BCUT2D eigenvalue weighted by atomic mass is 10.2. The Bertz CT molecular complexity index is 231. The van der Waals surface area contributed by atoms with Gasteiger partial charge < -0.3 is 0 Å². The maximum Gasteiger partial charge on any atom is 0.397 e. The lowest BCUT2D eigenvalue weighted by Crippen LogP contribution is -2.03. The Morgan fingerprint density at radius 2 is 1.92 bits per heavy atom. The highest BCUT2D eigenvalue weighted by Gasteiger charge is 2.00. The Hall–Kier alpha value is -0.390. The van der Waals surface area contributed by atoms with Gasteiger partial charge in [-0.15, -0.1) is 0 Å². The molecular weight excluding hydrogens is 192 g/mol. The molecular formula is C8H16O4S. The molecule has 0 saturated carbocycles. The minimum atomic E-state index is -4.26. The topological polar surface area (TPSA) is 63.6 Å². The van der Waals surface area contributed by atoms with Crippen molar-refractivity contribution in [3.05, 3.63) is 12.2 Å². The molecule has 0 atom stereocenters. The van der Waals surface area contributed by atoms with E-state index in [9.17, 15) is 8.42 Å². The van der Waals surface area contributed by atoms with Crippen molar-refractivity contribution in [3.63, 3.8) is 0 Å². The summed E-state index contributed by atoms with van der Waals surface area (Å²) in [4.78, 5) is 0. The van der Waals surface area contributed by atoms with Crippen LogP contribution in [0.1, 0.15) is 32.6 Å². The average molecular weight is 208 g/mol. The summed E-state index contributed by atoms with van der Waals surface area (Å²) in [5.41, 5.74) is 0. The summed E-state index contributed by atoms with van der Waals surface area (Å²) in [5, 5.41) is 0. The summed E-state index contributed by atoms with van der Waals surface area (Å²) in [6.45, 7) is 2.11. The Morgan fingerprint density at radius 1 is 1.31 bits per heavy atom. The third-order valence-electron chi connectivity index (χ3n) is 1.41. The minimum absolute atomic E-state index is 0.00145. The van der Waals surface area contributed by atoms with Crippen LogP contribution >= 0.6 is 0 Å². The quantitative estimate of drug-likeness (QED) is 0.394. The van der Waals surface area contributed by atoms with E-state index in [1.54, 1.807) is 0 Å². The van der Waals surface area contributed by atoms with Gasteiger partial charge >= 0.3 is 10.4 Å². The van der Waals surface area contributed by atoms with Gasteiger partial charge in [0.05, 0.1) is 6.61 Å². The van der Waals surface area contributed by atoms with Crippen LogP contribution in [0.4, 0.5) is 0 Å². The highest BCUT2D eigenvalue weighted by molar-refractivity contribution is 7.80. The fourth-order valence-electron chi connectivity index (χ4n) is 0.779. The number of hydrogen-bond donors (Lipinski definition) is 1. The fraction of sp³-hybridized carbons (Fsp3) is 0.750. The van der Waals surface area contributed by atoms with Crippen molar-refractivity contribution < 1.29 is 17.2 Å². The van der Waals surface area contributed by atoms with E-state index in [0.717, 1.165) is 19.3 Å². The van der Waals surface area contributed by atoms with Crippen LogP contribution in [0.25, 0.3) is 0 Å². The van der Waals surface area contributed by atoms with Gasteiger partial charge in [-0.05, 0) is 12.8 Å². The van der Waals surface area contributed by atoms with Gasteiger partial charge in [-0.1, -0.05) is 31.9 Å². The summed E-state index contributed by atoms with van der Waals surface area (Å²) in [5.74, 6) is 0. The molecule has 78 valence electrons. The molecule has 4 nitrogen and oxygen atoms in total. The van der Waals surface area contributed by atoms with Crippen LogP contribution in [0.2, 0.25) is 0 Å². The summed E-state index contributed by atoms with van der Waals surface area (Å²) in [6, 6.07) is 0. The number of allylic oxidation sites excluding steroid dienone is 1. The van der Waals surface area contributed by atoms with E-state index in [1.807, 2.05) is 12.2 Å². The van der Waals surface area contributed by atoms with E-state index in [2.05, 4.69) is 11.1 Å². The normalized spacial score (nSPS) is 12.5. The molecule has 0 aliphatic rings. The molecule has 0 rings (SSSR count). The van der Waals surface area contributed by atoms with E-state index < -0.39 is 10.4 Å². The summed E-state index contributed by atoms with van der Waals surface area (Å²) in [6.07, 6.45) is 7.62. The molecule has 0 spiro atoms. The van der Waals surface area contributed by atoms with Crippen molar-refractivity contribution in [1.29, 1.82) is 0 Å². The van der Waals surface area contributed by atoms with Gasteiger partial charge in [-0.2, -0.15) is 8.42 Å². The predicted molar refractivity (Wildman–Crippen MR) is 50.8 cm³/mol. The molecule has 0 aromatic rings. The molecule has 13 heavy (non-hydrogen) atoms. The van der Waals surface area contributed by atoms with Gasteiger partial charge in [-0.25, -0.2) is 4.18 Å². The lowest BCUT2D eigenvalue weighted by Gasteiger charge is -1.95.